The van der Waals surface area contributed by atoms with Gasteiger partial charge in [-0.15, -0.1) is 0 Å². The minimum atomic E-state index is -0.853. The van der Waals surface area contributed by atoms with Crippen LogP contribution in [0.5, 0.6) is 5.75 Å². The number of aromatic nitrogens is 2. The van der Waals surface area contributed by atoms with Crippen LogP contribution in [0.3, 0.4) is 0 Å². The zero-order valence-corrected chi connectivity index (χ0v) is 13.2. The summed E-state index contributed by atoms with van der Waals surface area (Å²) in [7, 11) is 0. The summed E-state index contributed by atoms with van der Waals surface area (Å²) < 4.78 is 7.02. The van der Waals surface area contributed by atoms with Gasteiger partial charge in [0.25, 0.3) is 0 Å². The van der Waals surface area contributed by atoms with Crippen molar-refractivity contribution >= 4 is 11.8 Å². The molecule has 0 aliphatic rings. The van der Waals surface area contributed by atoms with Crippen molar-refractivity contribution in [2.45, 2.75) is 32.7 Å². The smallest absolute Gasteiger partial charge is 0.303 e. The SMILES string of the molecule is Cc1ccc(OCC(=O)C(C)n2cc(CCC(=O)O)cn2)cc1. The first-order valence-corrected chi connectivity index (χ1v) is 7.42. The molecule has 23 heavy (non-hydrogen) atoms. The molecule has 1 heterocycles. The third kappa shape index (κ3) is 4.95. The molecular weight excluding hydrogens is 296 g/mol. The van der Waals surface area contributed by atoms with Crippen LogP contribution in [0.15, 0.2) is 36.7 Å². The minimum Gasteiger partial charge on any atom is -0.486 e. The second-order valence-corrected chi connectivity index (χ2v) is 5.47. The molecule has 1 aromatic carbocycles. The first kappa shape index (κ1) is 16.7. The normalized spacial score (nSPS) is 11.9. The van der Waals surface area contributed by atoms with Crippen molar-refractivity contribution in [2.75, 3.05) is 6.61 Å². The van der Waals surface area contributed by atoms with Crippen molar-refractivity contribution in [3.8, 4) is 5.75 Å². The van der Waals surface area contributed by atoms with Gasteiger partial charge in [0.15, 0.2) is 5.78 Å². The summed E-state index contributed by atoms with van der Waals surface area (Å²) in [5.74, 6) is -0.300. The predicted octanol–water partition coefficient (Wildman–Crippen LogP) is 2.42. The van der Waals surface area contributed by atoms with E-state index in [2.05, 4.69) is 5.10 Å². The van der Waals surface area contributed by atoms with E-state index in [4.69, 9.17) is 9.84 Å². The number of ether oxygens (including phenoxy) is 1. The van der Waals surface area contributed by atoms with Crippen LogP contribution in [0, 0.1) is 6.92 Å². The molecule has 0 spiro atoms. The largest absolute Gasteiger partial charge is 0.486 e. The number of aryl methyl sites for hydroxylation is 2. The van der Waals surface area contributed by atoms with Crippen LogP contribution < -0.4 is 4.74 Å². The Morgan fingerprint density at radius 2 is 2.00 bits per heavy atom. The molecule has 0 radical (unpaired) electrons. The molecule has 0 aliphatic carbocycles. The van der Waals surface area contributed by atoms with Crippen molar-refractivity contribution < 1.29 is 19.4 Å². The molecular formula is C17H20N2O4. The average Bonchev–Trinajstić information content (AvgIpc) is 3.00. The fourth-order valence-electron chi connectivity index (χ4n) is 2.03. The number of rotatable bonds is 8. The lowest BCUT2D eigenvalue weighted by molar-refractivity contribution is -0.137. The third-order valence-corrected chi connectivity index (χ3v) is 3.55. The van der Waals surface area contributed by atoms with Gasteiger partial charge in [-0.1, -0.05) is 17.7 Å². The summed E-state index contributed by atoms with van der Waals surface area (Å²) in [6.07, 6.45) is 3.74. The fourth-order valence-corrected chi connectivity index (χ4v) is 2.03. The Kier molecular flexibility index (Phi) is 5.51. The summed E-state index contributed by atoms with van der Waals surface area (Å²) >= 11 is 0. The van der Waals surface area contributed by atoms with E-state index in [-0.39, 0.29) is 18.8 Å². The lowest BCUT2D eigenvalue weighted by Crippen LogP contribution is -2.23. The molecule has 2 rings (SSSR count). The molecule has 0 saturated heterocycles. The highest BCUT2D eigenvalue weighted by Gasteiger charge is 2.17. The molecule has 0 bridgehead atoms. The zero-order chi connectivity index (χ0) is 16.8. The highest BCUT2D eigenvalue weighted by Crippen LogP contribution is 2.14. The number of carbonyl (C=O) groups is 2. The number of aliphatic carboxylic acids is 1. The van der Waals surface area contributed by atoms with Crippen molar-refractivity contribution in [2.24, 2.45) is 0 Å². The molecule has 0 fully saturated rings. The molecule has 1 atom stereocenters. The van der Waals surface area contributed by atoms with E-state index >= 15 is 0 Å². The quantitative estimate of drug-likeness (QED) is 0.809. The van der Waals surface area contributed by atoms with E-state index < -0.39 is 12.0 Å². The van der Waals surface area contributed by atoms with Gasteiger partial charge in [-0.2, -0.15) is 5.10 Å². The molecule has 0 amide bonds. The number of benzene rings is 1. The zero-order valence-electron chi connectivity index (χ0n) is 13.2. The number of carbonyl (C=O) groups excluding carboxylic acids is 1. The van der Waals surface area contributed by atoms with Crippen molar-refractivity contribution in [1.29, 1.82) is 0 Å². The number of carboxylic acids is 1. The van der Waals surface area contributed by atoms with Crippen LogP contribution in [0.1, 0.15) is 30.5 Å². The average molecular weight is 316 g/mol. The topological polar surface area (TPSA) is 81.4 Å². The van der Waals surface area contributed by atoms with Crippen molar-refractivity contribution in [1.82, 2.24) is 9.78 Å². The van der Waals surface area contributed by atoms with Gasteiger partial charge in [0.05, 0.1) is 6.20 Å². The van der Waals surface area contributed by atoms with Crippen LogP contribution in [-0.2, 0) is 16.0 Å². The summed E-state index contributed by atoms with van der Waals surface area (Å²) in [6.45, 7) is 3.69. The summed E-state index contributed by atoms with van der Waals surface area (Å²) in [4.78, 5) is 22.7. The van der Waals surface area contributed by atoms with E-state index in [9.17, 15) is 9.59 Å². The van der Waals surface area contributed by atoms with E-state index in [1.807, 2.05) is 31.2 Å². The molecule has 1 N–H and O–H groups in total. The van der Waals surface area contributed by atoms with Gasteiger partial charge in [0, 0.05) is 12.6 Å². The number of hydrogen-bond donors (Lipinski definition) is 1. The van der Waals surface area contributed by atoms with Crippen LogP contribution >= 0.6 is 0 Å². The maximum atomic E-state index is 12.2. The van der Waals surface area contributed by atoms with Crippen LogP contribution in [0.2, 0.25) is 0 Å². The van der Waals surface area contributed by atoms with Gasteiger partial charge in [-0.05, 0) is 38.0 Å². The molecule has 1 aromatic heterocycles. The second kappa shape index (κ2) is 7.58. The highest BCUT2D eigenvalue weighted by atomic mass is 16.5. The number of Topliss-reactive ketones (excluding diaryl/α,β-unsaturated/α-hetero) is 1. The van der Waals surface area contributed by atoms with Crippen LogP contribution in [0.25, 0.3) is 0 Å². The van der Waals surface area contributed by atoms with E-state index in [0.29, 0.717) is 12.2 Å². The van der Waals surface area contributed by atoms with E-state index in [1.165, 1.54) is 4.68 Å². The standard InChI is InChI=1S/C17H20N2O4/c1-12-3-6-15(7-4-12)23-11-16(20)13(2)19-10-14(9-18-19)5-8-17(21)22/h3-4,6-7,9-10,13H,5,8,11H2,1-2H3,(H,21,22). The Labute approximate surface area is 134 Å². The number of carboxylic acid groups (broad SMARTS) is 1. The number of nitrogens with zero attached hydrogens (tertiary/aromatic N) is 2. The molecule has 122 valence electrons. The number of ketones is 1. The third-order valence-electron chi connectivity index (χ3n) is 3.55. The predicted molar refractivity (Wildman–Crippen MR) is 84.6 cm³/mol. The van der Waals surface area contributed by atoms with E-state index in [0.717, 1.165) is 11.1 Å². The van der Waals surface area contributed by atoms with Gasteiger partial charge >= 0.3 is 5.97 Å². The second-order valence-electron chi connectivity index (χ2n) is 5.47. The fraction of sp³-hybridized carbons (Fsp3) is 0.353. The van der Waals surface area contributed by atoms with Gasteiger partial charge in [-0.3, -0.25) is 14.3 Å². The van der Waals surface area contributed by atoms with Crippen LogP contribution in [-0.4, -0.2) is 33.2 Å². The molecule has 6 nitrogen and oxygen atoms in total. The Bertz CT molecular complexity index is 676. The summed E-state index contributed by atoms with van der Waals surface area (Å²) in [5.41, 5.74) is 1.92. The van der Waals surface area contributed by atoms with Crippen LogP contribution in [0.4, 0.5) is 0 Å². The van der Waals surface area contributed by atoms with Gasteiger partial charge in [0.2, 0.25) is 0 Å². The monoisotopic (exact) mass is 316 g/mol. The Balaban J connectivity index is 1.89. The summed E-state index contributed by atoms with van der Waals surface area (Å²) in [5, 5.41) is 12.8. The highest BCUT2D eigenvalue weighted by molar-refractivity contribution is 5.83. The lowest BCUT2D eigenvalue weighted by atomic mass is 10.2. The molecule has 2 aromatic rings. The Hall–Kier alpha value is -2.63. The lowest BCUT2D eigenvalue weighted by Gasteiger charge is -2.12. The Morgan fingerprint density at radius 1 is 1.30 bits per heavy atom. The first-order chi connectivity index (χ1) is 11.0. The molecule has 0 saturated carbocycles. The molecule has 1 unspecified atom stereocenters. The van der Waals surface area contributed by atoms with Crippen molar-refractivity contribution in [3.05, 3.63) is 47.8 Å². The molecule has 0 aliphatic heterocycles. The molecule has 6 heteroatoms. The van der Waals surface area contributed by atoms with Crippen molar-refractivity contribution in [3.63, 3.8) is 0 Å². The maximum Gasteiger partial charge on any atom is 0.303 e. The van der Waals surface area contributed by atoms with Gasteiger partial charge in [0.1, 0.15) is 18.4 Å². The maximum absolute atomic E-state index is 12.2. The van der Waals surface area contributed by atoms with E-state index in [1.54, 1.807) is 19.3 Å². The summed E-state index contributed by atoms with van der Waals surface area (Å²) in [6, 6.07) is 7.03. The number of hydrogen-bond acceptors (Lipinski definition) is 4. The Morgan fingerprint density at radius 3 is 2.65 bits per heavy atom. The first-order valence-electron chi connectivity index (χ1n) is 7.42. The van der Waals surface area contributed by atoms with Gasteiger partial charge in [-0.25, -0.2) is 0 Å². The van der Waals surface area contributed by atoms with Gasteiger partial charge < -0.3 is 9.84 Å². The minimum absolute atomic E-state index is 0.0332.